The second kappa shape index (κ2) is 6.58. The van der Waals surface area contributed by atoms with Gasteiger partial charge in [-0.15, -0.1) is 11.3 Å². The number of rotatable bonds is 4. The highest BCUT2D eigenvalue weighted by Gasteiger charge is 2.16. The Balaban J connectivity index is 1.71. The molecule has 2 aromatic rings. The first-order valence-electron chi connectivity index (χ1n) is 7.74. The normalized spacial score (nSPS) is 15.2. The van der Waals surface area contributed by atoms with E-state index in [1.165, 1.54) is 41.7 Å². The van der Waals surface area contributed by atoms with Crippen molar-refractivity contribution in [1.82, 2.24) is 10.3 Å². The van der Waals surface area contributed by atoms with E-state index in [0.717, 1.165) is 17.0 Å². The monoisotopic (exact) mass is 315 g/mol. The van der Waals surface area contributed by atoms with E-state index in [9.17, 15) is 4.79 Å². The van der Waals surface area contributed by atoms with Crippen molar-refractivity contribution in [1.29, 1.82) is 0 Å². The predicted molar refractivity (Wildman–Crippen MR) is 89.0 cm³/mol. The summed E-state index contributed by atoms with van der Waals surface area (Å²) in [6, 6.07) is 6.55. The Morgan fingerprint density at radius 3 is 2.86 bits per heavy atom. The van der Waals surface area contributed by atoms with Crippen LogP contribution in [0.15, 0.2) is 23.6 Å². The van der Waals surface area contributed by atoms with Gasteiger partial charge in [0.05, 0.1) is 6.04 Å². The van der Waals surface area contributed by atoms with Crippen molar-refractivity contribution in [3.63, 3.8) is 0 Å². The lowest BCUT2D eigenvalue weighted by molar-refractivity contribution is 0.0935. The van der Waals surface area contributed by atoms with Gasteiger partial charge in [0.25, 0.3) is 5.91 Å². The molecule has 1 atom stereocenters. The number of hydrogen-bond acceptors (Lipinski definition) is 4. The molecule has 1 heterocycles. The van der Waals surface area contributed by atoms with Gasteiger partial charge in [-0.3, -0.25) is 4.79 Å². The summed E-state index contributed by atoms with van der Waals surface area (Å²) in [4.78, 5) is 16.5. The van der Waals surface area contributed by atoms with E-state index in [-0.39, 0.29) is 11.9 Å². The van der Waals surface area contributed by atoms with Crippen molar-refractivity contribution >= 4 is 17.2 Å². The first-order valence-corrected chi connectivity index (χ1v) is 8.62. The van der Waals surface area contributed by atoms with Crippen LogP contribution in [0.1, 0.15) is 58.0 Å². The Bertz CT molecular complexity index is 680. The molecule has 1 unspecified atom stereocenters. The molecule has 1 aromatic carbocycles. The van der Waals surface area contributed by atoms with Crippen LogP contribution in [0.25, 0.3) is 0 Å². The molecule has 22 heavy (non-hydrogen) atoms. The second-order valence-corrected chi connectivity index (χ2v) is 6.70. The van der Waals surface area contributed by atoms with Gasteiger partial charge in [0.1, 0.15) is 10.7 Å². The number of fused-ring (bicyclic) bond motifs is 1. The number of carbonyl (C=O) groups is 1. The molecule has 4 nitrogen and oxygen atoms in total. The zero-order valence-electron chi connectivity index (χ0n) is 12.8. The summed E-state index contributed by atoms with van der Waals surface area (Å²) < 4.78 is 0. The van der Waals surface area contributed by atoms with Crippen LogP contribution in [-0.2, 0) is 19.4 Å². The number of nitrogens with two attached hydrogens (primary N) is 1. The number of aryl methyl sites for hydroxylation is 2. The summed E-state index contributed by atoms with van der Waals surface area (Å²) >= 11 is 1.42. The summed E-state index contributed by atoms with van der Waals surface area (Å²) in [5.74, 6) is -0.138. The van der Waals surface area contributed by atoms with Crippen LogP contribution in [0.5, 0.6) is 0 Å². The zero-order chi connectivity index (χ0) is 15.5. The van der Waals surface area contributed by atoms with Gasteiger partial charge >= 0.3 is 0 Å². The highest BCUT2D eigenvalue weighted by atomic mass is 32.1. The molecule has 0 saturated carbocycles. The van der Waals surface area contributed by atoms with E-state index in [2.05, 4.69) is 28.5 Å². The van der Waals surface area contributed by atoms with Crippen molar-refractivity contribution in [2.45, 2.75) is 45.2 Å². The third-order valence-corrected chi connectivity index (χ3v) is 5.05. The molecular weight excluding hydrogens is 294 g/mol. The highest BCUT2D eigenvalue weighted by molar-refractivity contribution is 7.09. The molecular formula is C17H21N3OS. The van der Waals surface area contributed by atoms with E-state index < -0.39 is 0 Å². The first kappa shape index (κ1) is 15.2. The summed E-state index contributed by atoms with van der Waals surface area (Å²) in [6.45, 7) is 2.39. The summed E-state index contributed by atoms with van der Waals surface area (Å²) in [7, 11) is 0. The summed E-state index contributed by atoms with van der Waals surface area (Å²) in [5, 5.41) is 5.57. The molecule has 0 fully saturated rings. The molecule has 3 rings (SSSR count). The van der Waals surface area contributed by atoms with Gasteiger partial charge in [0.2, 0.25) is 0 Å². The third-order valence-electron chi connectivity index (χ3n) is 4.18. The Kier molecular flexibility index (Phi) is 4.55. The lowest BCUT2D eigenvalue weighted by Gasteiger charge is -2.19. The molecule has 0 spiro atoms. The molecule has 3 N–H and O–H groups in total. The first-order chi connectivity index (χ1) is 10.7. The highest BCUT2D eigenvalue weighted by Crippen LogP contribution is 2.25. The summed E-state index contributed by atoms with van der Waals surface area (Å²) in [5.41, 5.74) is 10.0. The van der Waals surface area contributed by atoms with Crippen LogP contribution in [0.3, 0.4) is 0 Å². The maximum atomic E-state index is 12.2. The summed E-state index contributed by atoms with van der Waals surface area (Å²) in [6.07, 6.45) is 4.87. The van der Waals surface area contributed by atoms with Crippen molar-refractivity contribution in [3.05, 3.63) is 51.0 Å². The molecule has 0 bridgehead atoms. The van der Waals surface area contributed by atoms with E-state index in [0.29, 0.717) is 12.2 Å². The number of hydrogen-bond donors (Lipinski definition) is 2. The Morgan fingerprint density at radius 2 is 2.14 bits per heavy atom. The third kappa shape index (κ3) is 3.20. The molecule has 0 saturated heterocycles. The maximum Gasteiger partial charge on any atom is 0.271 e. The molecule has 5 heteroatoms. The van der Waals surface area contributed by atoms with E-state index in [1.807, 2.05) is 6.92 Å². The van der Waals surface area contributed by atoms with Crippen LogP contribution < -0.4 is 11.1 Å². The van der Waals surface area contributed by atoms with Crippen molar-refractivity contribution in [2.75, 3.05) is 0 Å². The second-order valence-electron chi connectivity index (χ2n) is 5.76. The van der Waals surface area contributed by atoms with Crippen molar-refractivity contribution in [2.24, 2.45) is 5.73 Å². The smallest absolute Gasteiger partial charge is 0.271 e. The largest absolute Gasteiger partial charge is 0.344 e. The number of benzene rings is 1. The van der Waals surface area contributed by atoms with Crippen LogP contribution in [0, 0.1) is 0 Å². The molecule has 0 radical (unpaired) electrons. The lowest BCUT2D eigenvalue weighted by atomic mass is 9.89. The number of nitrogens with zero attached hydrogens (tertiary/aromatic N) is 1. The van der Waals surface area contributed by atoms with Gasteiger partial charge in [0.15, 0.2) is 0 Å². The molecule has 1 aliphatic rings. The Morgan fingerprint density at radius 1 is 1.36 bits per heavy atom. The lowest BCUT2D eigenvalue weighted by Crippen LogP contribution is -2.27. The molecule has 1 amide bonds. The topological polar surface area (TPSA) is 68.0 Å². The van der Waals surface area contributed by atoms with E-state index in [4.69, 9.17) is 5.73 Å². The molecule has 1 aliphatic carbocycles. The average molecular weight is 315 g/mol. The minimum atomic E-state index is -0.138. The van der Waals surface area contributed by atoms with Gasteiger partial charge in [-0.05, 0) is 49.3 Å². The Labute approximate surface area is 134 Å². The minimum Gasteiger partial charge on any atom is -0.344 e. The molecule has 0 aliphatic heterocycles. The van der Waals surface area contributed by atoms with Gasteiger partial charge < -0.3 is 11.1 Å². The fraction of sp³-hybridized carbons (Fsp3) is 0.412. The van der Waals surface area contributed by atoms with Gasteiger partial charge in [0, 0.05) is 11.9 Å². The van der Waals surface area contributed by atoms with Crippen LogP contribution in [0.2, 0.25) is 0 Å². The molecule has 116 valence electrons. The number of carbonyl (C=O) groups excluding carboxylic acids is 1. The van der Waals surface area contributed by atoms with Crippen molar-refractivity contribution < 1.29 is 4.79 Å². The Hall–Kier alpha value is -1.72. The van der Waals surface area contributed by atoms with Gasteiger partial charge in [-0.25, -0.2) is 4.98 Å². The number of aromatic nitrogens is 1. The van der Waals surface area contributed by atoms with E-state index >= 15 is 0 Å². The SMILES string of the molecule is CC(NC(=O)c1csc(CN)n1)c1ccc2c(c1)CCCC2. The zero-order valence-corrected chi connectivity index (χ0v) is 13.6. The molecule has 1 aromatic heterocycles. The average Bonchev–Trinajstić information content (AvgIpc) is 3.03. The number of nitrogens with one attached hydrogen (secondary N) is 1. The van der Waals surface area contributed by atoms with Gasteiger partial charge in [-0.1, -0.05) is 18.2 Å². The standard InChI is InChI=1S/C17H21N3OS/c1-11(19-17(21)15-10-22-16(9-18)20-15)13-7-6-12-4-2-3-5-14(12)8-13/h6-8,10-11H,2-5,9,18H2,1H3,(H,19,21). The maximum absolute atomic E-state index is 12.2. The number of amides is 1. The van der Waals surface area contributed by atoms with Crippen LogP contribution >= 0.6 is 11.3 Å². The van der Waals surface area contributed by atoms with Crippen molar-refractivity contribution in [3.8, 4) is 0 Å². The predicted octanol–water partition coefficient (Wildman–Crippen LogP) is 2.97. The van der Waals surface area contributed by atoms with E-state index in [1.54, 1.807) is 5.38 Å². The van der Waals surface area contributed by atoms with Crippen LogP contribution in [-0.4, -0.2) is 10.9 Å². The van der Waals surface area contributed by atoms with Crippen LogP contribution in [0.4, 0.5) is 0 Å². The minimum absolute atomic E-state index is 0.0252. The fourth-order valence-corrected chi connectivity index (χ4v) is 3.54. The quantitative estimate of drug-likeness (QED) is 0.911. The fourth-order valence-electron chi connectivity index (χ4n) is 2.89. The number of thiazole rings is 1. The van der Waals surface area contributed by atoms with Gasteiger partial charge in [-0.2, -0.15) is 0 Å².